The van der Waals surface area contributed by atoms with Crippen molar-refractivity contribution in [3.05, 3.63) is 59.1 Å². The smallest absolute Gasteiger partial charge is 0.269 e. The lowest BCUT2D eigenvalue weighted by Gasteiger charge is -2.02. The molecular formula is C20H18N4O2S. The number of amides is 1. The van der Waals surface area contributed by atoms with E-state index in [0.29, 0.717) is 23.1 Å². The fourth-order valence-corrected chi connectivity index (χ4v) is 3.73. The van der Waals surface area contributed by atoms with Gasteiger partial charge in [-0.25, -0.2) is 9.97 Å². The number of carbonyl (C=O) groups is 1. The summed E-state index contributed by atoms with van der Waals surface area (Å²) < 4.78 is 5.46. The summed E-state index contributed by atoms with van der Waals surface area (Å²) in [5, 5.41) is 3.62. The van der Waals surface area contributed by atoms with Crippen molar-refractivity contribution in [1.82, 2.24) is 15.0 Å². The number of ether oxygens (including phenoxy) is 1. The molecule has 0 aliphatic rings. The van der Waals surface area contributed by atoms with Crippen molar-refractivity contribution in [2.75, 3.05) is 11.9 Å². The van der Waals surface area contributed by atoms with Gasteiger partial charge in [-0.1, -0.05) is 12.1 Å². The number of nitrogens with zero attached hydrogens (tertiary/aromatic N) is 2. The number of benzene rings is 2. The Labute approximate surface area is 160 Å². The summed E-state index contributed by atoms with van der Waals surface area (Å²) in [6.07, 6.45) is 0. The molecule has 4 aromatic rings. The number of thiazole rings is 1. The Hall–Kier alpha value is -3.19. The maximum Gasteiger partial charge on any atom is 0.269 e. The minimum absolute atomic E-state index is 0.221. The highest BCUT2D eigenvalue weighted by Gasteiger charge is 2.17. The van der Waals surface area contributed by atoms with E-state index in [2.05, 4.69) is 20.3 Å². The minimum atomic E-state index is -0.221. The molecule has 2 heterocycles. The van der Waals surface area contributed by atoms with Gasteiger partial charge in [-0.05, 0) is 50.2 Å². The minimum Gasteiger partial charge on any atom is -0.494 e. The van der Waals surface area contributed by atoms with Crippen LogP contribution in [-0.2, 0) is 0 Å². The van der Waals surface area contributed by atoms with Crippen molar-refractivity contribution in [2.45, 2.75) is 13.8 Å². The molecule has 0 radical (unpaired) electrons. The van der Waals surface area contributed by atoms with E-state index in [1.807, 2.05) is 62.4 Å². The van der Waals surface area contributed by atoms with Crippen molar-refractivity contribution in [3.8, 4) is 16.3 Å². The van der Waals surface area contributed by atoms with Crippen LogP contribution in [0.1, 0.15) is 22.3 Å². The van der Waals surface area contributed by atoms with E-state index in [0.717, 1.165) is 27.4 Å². The number of nitrogens with one attached hydrogen (secondary N) is 2. The SMILES string of the molecule is CCOc1ccc(-c2nc(C)c(C(=O)Nc3nc4ccccc4[nH]3)s2)cc1. The Morgan fingerprint density at radius 2 is 1.93 bits per heavy atom. The van der Waals surface area contributed by atoms with Gasteiger partial charge in [0.25, 0.3) is 5.91 Å². The number of para-hydroxylation sites is 2. The summed E-state index contributed by atoms with van der Waals surface area (Å²) >= 11 is 1.36. The van der Waals surface area contributed by atoms with Crippen LogP contribution in [0.25, 0.3) is 21.6 Å². The number of hydrogen-bond donors (Lipinski definition) is 2. The molecule has 0 unspecified atom stereocenters. The van der Waals surface area contributed by atoms with Gasteiger partial charge >= 0.3 is 0 Å². The molecule has 0 saturated carbocycles. The monoisotopic (exact) mass is 378 g/mol. The van der Waals surface area contributed by atoms with Gasteiger partial charge < -0.3 is 9.72 Å². The highest BCUT2D eigenvalue weighted by atomic mass is 32.1. The third-order valence-electron chi connectivity index (χ3n) is 4.04. The largest absolute Gasteiger partial charge is 0.494 e. The van der Waals surface area contributed by atoms with E-state index < -0.39 is 0 Å². The zero-order chi connectivity index (χ0) is 18.8. The number of hydrogen-bond acceptors (Lipinski definition) is 5. The van der Waals surface area contributed by atoms with E-state index in [9.17, 15) is 4.79 Å². The molecule has 27 heavy (non-hydrogen) atoms. The number of aromatic amines is 1. The van der Waals surface area contributed by atoms with Crippen LogP contribution < -0.4 is 10.1 Å². The zero-order valence-electron chi connectivity index (χ0n) is 14.9. The predicted molar refractivity (Wildman–Crippen MR) is 108 cm³/mol. The van der Waals surface area contributed by atoms with E-state index in [1.54, 1.807) is 0 Å². The first kappa shape index (κ1) is 17.2. The molecule has 0 saturated heterocycles. The van der Waals surface area contributed by atoms with Gasteiger partial charge in [0.2, 0.25) is 5.95 Å². The third-order valence-corrected chi connectivity index (χ3v) is 5.24. The van der Waals surface area contributed by atoms with Gasteiger partial charge in [-0.3, -0.25) is 10.1 Å². The lowest BCUT2D eigenvalue weighted by Crippen LogP contribution is -2.12. The Balaban J connectivity index is 1.55. The van der Waals surface area contributed by atoms with E-state index in [1.165, 1.54) is 11.3 Å². The van der Waals surface area contributed by atoms with Crippen LogP contribution in [0.5, 0.6) is 5.75 Å². The standard InChI is InChI=1S/C20H18N4O2S/c1-3-26-14-10-8-13(9-11-14)19-21-12(2)17(27-19)18(25)24-20-22-15-6-4-5-7-16(15)23-20/h4-11H,3H2,1-2H3,(H2,22,23,24,25). The maximum absolute atomic E-state index is 12.7. The van der Waals surface area contributed by atoms with Gasteiger partial charge in [-0.2, -0.15) is 0 Å². The van der Waals surface area contributed by atoms with E-state index in [-0.39, 0.29) is 5.91 Å². The molecule has 0 atom stereocenters. The van der Waals surface area contributed by atoms with Crippen LogP contribution in [0, 0.1) is 6.92 Å². The molecular weight excluding hydrogens is 360 g/mol. The Kier molecular flexibility index (Phi) is 4.60. The van der Waals surface area contributed by atoms with Gasteiger partial charge in [0.1, 0.15) is 15.6 Å². The second-order valence-corrected chi connectivity index (χ2v) is 6.95. The van der Waals surface area contributed by atoms with Gasteiger partial charge in [-0.15, -0.1) is 11.3 Å². The predicted octanol–water partition coefficient (Wildman–Crippen LogP) is 4.65. The van der Waals surface area contributed by atoms with Crippen LogP contribution in [0.2, 0.25) is 0 Å². The molecule has 2 aromatic carbocycles. The third kappa shape index (κ3) is 3.54. The second-order valence-electron chi connectivity index (χ2n) is 5.95. The number of aromatic nitrogens is 3. The van der Waals surface area contributed by atoms with Crippen molar-refractivity contribution in [2.24, 2.45) is 0 Å². The summed E-state index contributed by atoms with van der Waals surface area (Å²) in [7, 11) is 0. The molecule has 0 spiro atoms. The van der Waals surface area contributed by atoms with Crippen LogP contribution >= 0.6 is 11.3 Å². The van der Waals surface area contributed by atoms with E-state index in [4.69, 9.17) is 4.74 Å². The lowest BCUT2D eigenvalue weighted by molar-refractivity contribution is 0.102. The molecule has 136 valence electrons. The van der Waals surface area contributed by atoms with Gasteiger partial charge in [0, 0.05) is 5.56 Å². The second kappa shape index (κ2) is 7.20. The fraction of sp³-hybridized carbons (Fsp3) is 0.150. The summed E-state index contributed by atoms with van der Waals surface area (Å²) in [5.74, 6) is 1.02. The fourth-order valence-electron chi connectivity index (χ4n) is 2.77. The first-order valence-corrected chi connectivity index (χ1v) is 9.42. The first-order valence-electron chi connectivity index (χ1n) is 8.61. The number of H-pyrrole nitrogens is 1. The Morgan fingerprint density at radius 1 is 1.15 bits per heavy atom. The molecule has 0 fully saturated rings. The Bertz CT molecular complexity index is 1070. The first-order chi connectivity index (χ1) is 13.1. The Morgan fingerprint density at radius 3 is 2.67 bits per heavy atom. The quantitative estimate of drug-likeness (QED) is 0.530. The van der Waals surface area contributed by atoms with Crippen molar-refractivity contribution < 1.29 is 9.53 Å². The molecule has 6 nitrogen and oxygen atoms in total. The topological polar surface area (TPSA) is 79.9 Å². The van der Waals surface area contributed by atoms with Crippen LogP contribution in [0.3, 0.4) is 0 Å². The number of aryl methyl sites for hydroxylation is 1. The number of fused-ring (bicyclic) bond motifs is 1. The molecule has 4 rings (SSSR count). The maximum atomic E-state index is 12.7. The summed E-state index contributed by atoms with van der Waals surface area (Å²) in [5.41, 5.74) is 3.33. The number of carbonyl (C=O) groups excluding carboxylic acids is 1. The molecule has 7 heteroatoms. The molecule has 2 N–H and O–H groups in total. The van der Waals surface area contributed by atoms with Crippen molar-refractivity contribution in [1.29, 1.82) is 0 Å². The molecule has 0 aliphatic carbocycles. The molecule has 0 bridgehead atoms. The summed E-state index contributed by atoms with van der Waals surface area (Å²) in [4.78, 5) is 25.3. The normalized spacial score (nSPS) is 10.9. The molecule has 0 aliphatic heterocycles. The van der Waals surface area contributed by atoms with Crippen LogP contribution in [0.4, 0.5) is 5.95 Å². The summed E-state index contributed by atoms with van der Waals surface area (Å²) in [6, 6.07) is 15.3. The van der Waals surface area contributed by atoms with Crippen molar-refractivity contribution >= 4 is 34.2 Å². The van der Waals surface area contributed by atoms with Crippen molar-refractivity contribution in [3.63, 3.8) is 0 Å². The van der Waals surface area contributed by atoms with Crippen LogP contribution in [0.15, 0.2) is 48.5 Å². The number of imidazole rings is 1. The van der Waals surface area contributed by atoms with Gasteiger partial charge in [0.05, 0.1) is 23.3 Å². The van der Waals surface area contributed by atoms with E-state index >= 15 is 0 Å². The number of anilines is 1. The highest BCUT2D eigenvalue weighted by Crippen LogP contribution is 2.29. The highest BCUT2D eigenvalue weighted by molar-refractivity contribution is 7.17. The van der Waals surface area contributed by atoms with Crippen LogP contribution in [-0.4, -0.2) is 27.5 Å². The zero-order valence-corrected chi connectivity index (χ0v) is 15.8. The number of rotatable bonds is 5. The average Bonchev–Trinajstić information content (AvgIpc) is 3.25. The lowest BCUT2D eigenvalue weighted by atomic mass is 10.2. The average molecular weight is 378 g/mol. The molecule has 1 amide bonds. The van der Waals surface area contributed by atoms with Gasteiger partial charge in [0.15, 0.2) is 0 Å². The molecule has 2 aromatic heterocycles. The summed E-state index contributed by atoms with van der Waals surface area (Å²) in [6.45, 7) is 4.41.